The molecule has 2 unspecified atom stereocenters. The molecular formula is C20H23N3O3. The topological polar surface area (TPSA) is 70.7 Å². The predicted molar refractivity (Wildman–Crippen MR) is 101 cm³/mol. The SMILES string of the molecule is CC(Nc1ccc2c(c1)NC(=O)C(C)O2)C(=O)N(C)Cc1ccccc1. The Bertz CT molecular complexity index is 807. The summed E-state index contributed by atoms with van der Waals surface area (Å²) in [6.45, 7) is 4.08. The van der Waals surface area contributed by atoms with Crippen LogP contribution in [0.5, 0.6) is 5.75 Å². The van der Waals surface area contributed by atoms with Crippen molar-refractivity contribution in [1.29, 1.82) is 0 Å². The van der Waals surface area contributed by atoms with E-state index in [1.807, 2.05) is 43.3 Å². The zero-order chi connectivity index (χ0) is 18.7. The third-order valence-electron chi connectivity index (χ3n) is 4.30. The van der Waals surface area contributed by atoms with E-state index >= 15 is 0 Å². The summed E-state index contributed by atoms with van der Waals surface area (Å²) >= 11 is 0. The van der Waals surface area contributed by atoms with Crippen LogP contribution >= 0.6 is 0 Å². The number of fused-ring (bicyclic) bond motifs is 1. The first-order valence-corrected chi connectivity index (χ1v) is 8.61. The van der Waals surface area contributed by atoms with Gasteiger partial charge in [-0.1, -0.05) is 30.3 Å². The van der Waals surface area contributed by atoms with Gasteiger partial charge in [-0.3, -0.25) is 9.59 Å². The van der Waals surface area contributed by atoms with E-state index in [0.717, 1.165) is 11.3 Å². The van der Waals surface area contributed by atoms with Gasteiger partial charge in [-0.15, -0.1) is 0 Å². The molecule has 0 fully saturated rings. The quantitative estimate of drug-likeness (QED) is 0.867. The van der Waals surface area contributed by atoms with E-state index in [1.54, 1.807) is 31.0 Å². The van der Waals surface area contributed by atoms with Gasteiger partial charge in [0.2, 0.25) is 5.91 Å². The fraction of sp³-hybridized carbons (Fsp3) is 0.300. The smallest absolute Gasteiger partial charge is 0.265 e. The zero-order valence-electron chi connectivity index (χ0n) is 15.2. The van der Waals surface area contributed by atoms with Gasteiger partial charge in [-0.2, -0.15) is 0 Å². The van der Waals surface area contributed by atoms with Gasteiger partial charge >= 0.3 is 0 Å². The van der Waals surface area contributed by atoms with Crippen molar-refractivity contribution in [3.63, 3.8) is 0 Å². The standard InChI is InChI=1S/C20H23N3O3/c1-13(20(25)23(3)12-15-7-5-4-6-8-15)21-16-9-10-18-17(11-16)22-19(24)14(2)26-18/h4-11,13-14,21H,12H2,1-3H3,(H,22,24). The molecule has 2 aromatic carbocycles. The molecule has 0 saturated heterocycles. The molecule has 136 valence electrons. The van der Waals surface area contributed by atoms with Crippen molar-refractivity contribution in [2.75, 3.05) is 17.7 Å². The van der Waals surface area contributed by atoms with Crippen LogP contribution in [0.3, 0.4) is 0 Å². The monoisotopic (exact) mass is 353 g/mol. The molecule has 1 aliphatic rings. The van der Waals surface area contributed by atoms with Gasteiger partial charge in [-0.25, -0.2) is 0 Å². The van der Waals surface area contributed by atoms with Crippen LogP contribution in [0, 0.1) is 0 Å². The second-order valence-corrected chi connectivity index (χ2v) is 6.51. The Morgan fingerprint density at radius 1 is 1.27 bits per heavy atom. The Kier molecular flexibility index (Phi) is 5.11. The molecular weight excluding hydrogens is 330 g/mol. The second kappa shape index (κ2) is 7.47. The van der Waals surface area contributed by atoms with E-state index < -0.39 is 12.1 Å². The fourth-order valence-electron chi connectivity index (χ4n) is 2.88. The number of nitrogens with one attached hydrogen (secondary N) is 2. The van der Waals surface area contributed by atoms with E-state index in [4.69, 9.17) is 4.74 Å². The summed E-state index contributed by atoms with van der Waals surface area (Å²) in [5.41, 5.74) is 2.44. The number of anilines is 2. The molecule has 0 radical (unpaired) electrons. The third kappa shape index (κ3) is 3.96. The molecule has 1 aliphatic heterocycles. The van der Waals surface area contributed by atoms with Gasteiger partial charge in [0.05, 0.1) is 5.69 Å². The van der Waals surface area contributed by atoms with Crippen LogP contribution in [0.4, 0.5) is 11.4 Å². The summed E-state index contributed by atoms with van der Waals surface area (Å²) in [5, 5.41) is 6.00. The van der Waals surface area contributed by atoms with Crippen LogP contribution in [-0.2, 0) is 16.1 Å². The first-order valence-electron chi connectivity index (χ1n) is 8.61. The van der Waals surface area contributed by atoms with E-state index in [1.165, 1.54) is 0 Å². The average molecular weight is 353 g/mol. The lowest BCUT2D eigenvalue weighted by Gasteiger charge is -2.25. The van der Waals surface area contributed by atoms with Crippen LogP contribution in [0.25, 0.3) is 0 Å². The molecule has 2 atom stereocenters. The number of hydrogen-bond acceptors (Lipinski definition) is 4. The van der Waals surface area contributed by atoms with Crippen molar-refractivity contribution in [1.82, 2.24) is 4.90 Å². The summed E-state index contributed by atoms with van der Waals surface area (Å²) < 4.78 is 5.54. The molecule has 26 heavy (non-hydrogen) atoms. The summed E-state index contributed by atoms with van der Waals surface area (Å²) in [6, 6.07) is 14.9. The molecule has 6 nitrogen and oxygen atoms in total. The van der Waals surface area contributed by atoms with Crippen LogP contribution in [-0.4, -0.2) is 35.9 Å². The molecule has 0 bridgehead atoms. The van der Waals surface area contributed by atoms with Crippen molar-refractivity contribution in [2.24, 2.45) is 0 Å². The van der Waals surface area contributed by atoms with Crippen molar-refractivity contribution in [3.8, 4) is 5.75 Å². The van der Waals surface area contributed by atoms with Crippen molar-refractivity contribution in [2.45, 2.75) is 32.5 Å². The predicted octanol–water partition coefficient (Wildman–Crippen LogP) is 2.87. The first kappa shape index (κ1) is 17.8. The highest BCUT2D eigenvalue weighted by Gasteiger charge is 2.24. The van der Waals surface area contributed by atoms with Crippen LogP contribution in [0.1, 0.15) is 19.4 Å². The lowest BCUT2D eigenvalue weighted by atomic mass is 10.1. The van der Waals surface area contributed by atoms with Gasteiger partial charge < -0.3 is 20.3 Å². The maximum Gasteiger partial charge on any atom is 0.265 e. The third-order valence-corrected chi connectivity index (χ3v) is 4.30. The summed E-state index contributed by atoms with van der Waals surface area (Å²) in [4.78, 5) is 26.0. The summed E-state index contributed by atoms with van der Waals surface area (Å²) in [6.07, 6.45) is -0.506. The van der Waals surface area contributed by atoms with Crippen LogP contribution in [0.2, 0.25) is 0 Å². The van der Waals surface area contributed by atoms with Gasteiger partial charge in [0, 0.05) is 19.3 Å². The Labute approximate surface area is 153 Å². The van der Waals surface area contributed by atoms with E-state index in [9.17, 15) is 9.59 Å². The highest BCUT2D eigenvalue weighted by Crippen LogP contribution is 2.32. The average Bonchev–Trinajstić information content (AvgIpc) is 2.63. The number of nitrogens with zero attached hydrogens (tertiary/aromatic N) is 1. The van der Waals surface area contributed by atoms with Crippen molar-refractivity contribution in [3.05, 3.63) is 54.1 Å². The lowest BCUT2D eigenvalue weighted by molar-refractivity contribution is -0.130. The summed E-state index contributed by atoms with van der Waals surface area (Å²) in [7, 11) is 1.79. The fourth-order valence-corrected chi connectivity index (χ4v) is 2.88. The minimum absolute atomic E-state index is 0.0134. The molecule has 2 aromatic rings. The molecule has 2 amide bonds. The molecule has 3 rings (SSSR count). The lowest BCUT2D eigenvalue weighted by Crippen LogP contribution is -2.38. The number of carbonyl (C=O) groups is 2. The Morgan fingerprint density at radius 3 is 2.73 bits per heavy atom. The molecule has 1 heterocycles. The van der Waals surface area contributed by atoms with Crippen LogP contribution in [0.15, 0.2) is 48.5 Å². The number of carbonyl (C=O) groups excluding carboxylic acids is 2. The number of amides is 2. The Balaban J connectivity index is 1.64. The number of likely N-dealkylation sites (N-methyl/N-ethyl adjacent to an activating group) is 1. The maximum absolute atomic E-state index is 12.6. The van der Waals surface area contributed by atoms with E-state index in [-0.39, 0.29) is 11.8 Å². The van der Waals surface area contributed by atoms with Crippen molar-refractivity contribution >= 4 is 23.2 Å². The molecule has 0 spiro atoms. The van der Waals surface area contributed by atoms with E-state index in [0.29, 0.717) is 18.0 Å². The largest absolute Gasteiger partial charge is 0.479 e. The zero-order valence-corrected chi connectivity index (χ0v) is 15.2. The summed E-state index contributed by atoms with van der Waals surface area (Å²) in [5.74, 6) is 0.435. The number of hydrogen-bond donors (Lipinski definition) is 2. The highest BCUT2D eigenvalue weighted by atomic mass is 16.5. The molecule has 0 aromatic heterocycles. The molecule has 6 heteroatoms. The van der Waals surface area contributed by atoms with E-state index in [2.05, 4.69) is 10.6 Å². The minimum atomic E-state index is -0.506. The molecule has 2 N–H and O–H groups in total. The Morgan fingerprint density at radius 2 is 2.00 bits per heavy atom. The second-order valence-electron chi connectivity index (χ2n) is 6.51. The number of benzene rings is 2. The van der Waals surface area contributed by atoms with Crippen LogP contribution < -0.4 is 15.4 Å². The number of ether oxygens (including phenoxy) is 1. The Hall–Kier alpha value is -3.02. The maximum atomic E-state index is 12.6. The first-order chi connectivity index (χ1) is 12.4. The highest BCUT2D eigenvalue weighted by molar-refractivity contribution is 5.98. The van der Waals surface area contributed by atoms with Gasteiger partial charge in [0.15, 0.2) is 6.10 Å². The van der Waals surface area contributed by atoms with Gasteiger partial charge in [-0.05, 0) is 37.6 Å². The normalized spacial score (nSPS) is 16.7. The molecule has 0 saturated carbocycles. The molecule has 0 aliphatic carbocycles. The van der Waals surface area contributed by atoms with Crippen molar-refractivity contribution < 1.29 is 14.3 Å². The number of rotatable bonds is 5. The minimum Gasteiger partial charge on any atom is -0.479 e. The van der Waals surface area contributed by atoms with Gasteiger partial charge in [0.1, 0.15) is 11.8 Å². The van der Waals surface area contributed by atoms with Gasteiger partial charge in [0.25, 0.3) is 5.91 Å².